The smallest absolute Gasteiger partial charge is 0.191 e. The molecule has 1 aliphatic rings. The molecule has 7 nitrogen and oxygen atoms in total. The maximum Gasteiger partial charge on any atom is 0.191 e. The monoisotopic (exact) mass is 370 g/mol. The Morgan fingerprint density at radius 2 is 1.93 bits per heavy atom. The third-order valence-electron chi connectivity index (χ3n) is 4.73. The quantitative estimate of drug-likeness (QED) is 0.443. The number of hydrogen-bond acceptors (Lipinski definition) is 4. The fourth-order valence-corrected chi connectivity index (χ4v) is 3.22. The van der Waals surface area contributed by atoms with Crippen LogP contribution in [-0.4, -0.2) is 47.5 Å². The van der Waals surface area contributed by atoms with Crippen molar-refractivity contribution in [3.63, 3.8) is 0 Å². The number of guanidine groups is 1. The van der Waals surface area contributed by atoms with Gasteiger partial charge in [-0.3, -0.25) is 4.99 Å². The highest BCUT2D eigenvalue weighted by Crippen LogP contribution is 2.14. The third kappa shape index (κ3) is 5.70. The van der Waals surface area contributed by atoms with E-state index in [1.165, 1.54) is 24.8 Å². The maximum absolute atomic E-state index is 5.73. The lowest BCUT2D eigenvalue weighted by atomic mass is 10.2. The molecule has 2 heterocycles. The zero-order valence-electron chi connectivity index (χ0n) is 16.4. The Labute approximate surface area is 161 Å². The molecular weight excluding hydrogens is 340 g/mol. The van der Waals surface area contributed by atoms with Crippen molar-refractivity contribution in [3.8, 4) is 5.75 Å². The highest BCUT2D eigenvalue weighted by atomic mass is 16.5. The molecule has 2 N–H and O–H groups in total. The van der Waals surface area contributed by atoms with Crippen LogP contribution in [0.2, 0.25) is 0 Å². The third-order valence-corrected chi connectivity index (χ3v) is 4.73. The summed E-state index contributed by atoms with van der Waals surface area (Å²) in [5, 5.41) is 15.3. The number of nitrogens with zero attached hydrogens (tertiary/aromatic N) is 4. The average molecular weight is 371 g/mol. The number of benzene rings is 1. The van der Waals surface area contributed by atoms with Gasteiger partial charge in [-0.2, -0.15) is 0 Å². The van der Waals surface area contributed by atoms with Gasteiger partial charge in [0.25, 0.3) is 0 Å². The SMILES string of the molecule is CN=C(NCCOc1ccc(C)cc1)NCCc1nnc2n1CCCCC2. The second kappa shape index (κ2) is 9.94. The lowest BCUT2D eigenvalue weighted by molar-refractivity contribution is 0.322. The molecule has 1 aromatic carbocycles. The van der Waals surface area contributed by atoms with Crippen LogP contribution < -0.4 is 15.4 Å². The molecule has 0 aliphatic carbocycles. The summed E-state index contributed by atoms with van der Waals surface area (Å²) in [4.78, 5) is 4.26. The van der Waals surface area contributed by atoms with E-state index in [2.05, 4.69) is 49.4 Å². The van der Waals surface area contributed by atoms with Crippen LogP contribution >= 0.6 is 0 Å². The molecule has 7 heteroatoms. The standard InChI is InChI=1S/C20H30N6O/c1-16-7-9-17(10-8-16)27-15-13-23-20(21-2)22-12-11-19-25-24-18-6-4-3-5-14-26(18)19/h7-10H,3-6,11-15H2,1-2H3,(H2,21,22,23). The summed E-state index contributed by atoms with van der Waals surface area (Å²) in [6, 6.07) is 8.08. The van der Waals surface area contributed by atoms with Gasteiger partial charge in [-0.15, -0.1) is 10.2 Å². The number of ether oxygens (including phenoxy) is 1. The van der Waals surface area contributed by atoms with Gasteiger partial charge in [-0.05, 0) is 31.9 Å². The molecule has 3 rings (SSSR count). The normalized spacial score (nSPS) is 14.4. The highest BCUT2D eigenvalue weighted by molar-refractivity contribution is 5.79. The number of aromatic nitrogens is 3. The second-order valence-electron chi connectivity index (χ2n) is 6.83. The molecule has 0 saturated heterocycles. The maximum atomic E-state index is 5.73. The van der Waals surface area contributed by atoms with Crippen LogP contribution in [0.15, 0.2) is 29.3 Å². The van der Waals surface area contributed by atoms with Crippen LogP contribution in [0.1, 0.15) is 36.5 Å². The minimum absolute atomic E-state index is 0.585. The van der Waals surface area contributed by atoms with Gasteiger partial charge in [0.15, 0.2) is 5.96 Å². The molecule has 0 atom stereocenters. The first-order valence-electron chi connectivity index (χ1n) is 9.81. The number of nitrogens with one attached hydrogen (secondary N) is 2. The lowest BCUT2D eigenvalue weighted by Crippen LogP contribution is -2.40. The van der Waals surface area contributed by atoms with Crippen LogP contribution in [0, 0.1) is 6.92 Å². The van der Waals surface area contributed by atoms with Gasteiger partial charge in [0.2, 0.25) is 0 Å². The summed E-state index contributed by atoms with van der Waals surface area (Å²) >= 11 is 0. The van der Waals surface area contributed by atoms with E-state index in [-0.39, 0.29) is 0 Å². The molecule has 1 aromatic heterocycles. The van der Waals surface area contributed by atoms with E-state index in [0.29, 0.717) is 13.2 Å². The predicted molar refractivity (Wildman–Crippen MR) is 107 cm³/mol. The molecule has 0 bridgehead atoms. The van der Waals surface area contributed by atoms with E-state index >= 15 is 0 Å². The Balaban J connectivity index is 1.37. The Hall–Kier alpha value is -2.57. The van der Waals surface area contributed by atoms with E-state index < -0.39 is 0 Å². The van der Waals surface area contributed by atoms with E-state index in [9.17, 15) is 0 Å². The average Bonchev–Trinajstić information content (AvgIpc) is 2.91. The molecule has 0 radical (unpaired) electrons. The van der Waals surface area contributed by atoms with Crippen molar-refractivity contribution >= 4 is 5.96 Å². The Kier molecular flexibility index (Phi) is 7.07. The first-order valence-corrected chi connectivity index (χ1v) is 9.81. The topological polar surface area (TPSA) is 76.4 Å². The molecular formula is C20H30N6O. The van der Waals surface area contributed by atoms with Crippen LogP contribution in [0.3, 0.4) is 0 Å². The van der Waals surface area contributed by atoms with Crippen LogP contribution in [-0.2, 0) is 19.4 Å². The number of aliphatic imine (C=N–C) groups is 1. The molecule has 2 aromatic rings. The molecule has 0 spiro atoms. The largest absolute Gasteiger partial charge is 0.492 e. The van der Waals surface area contributed by atoms with Gasteiger partial charge in [0.05, 0.1) is 6.54 Å². The van der Waals surface area contributed by atoms with Crippen molar-refractivity contribution < 1.29 is 4.74 Å². The van der Waals surface area contributed by atoms with Crippen LogP contribution in [0.5, 0.6) is 5.75 Å². The molecule has 146 valence electrons. The van der Waals surface area contributed by atoms with Crippen molar-refractivity contribution in [1.82, 2.24) is 25.4 Å². The summed E-state index contributed by atoms with van der Waals surface area (Å²) in [5.74, 6) is 3.87. The summed E-state index contributed by atoms with van der Waals surface area (Å²) < 4.78 is 8.02. The van der Waals surface area contributed by atoms with Crippen LogP contribution in [0.4, 0.5) is 0 Å². The summed E-state index contributed by atoms with van der Waals surface area (Å²) in [6.07, 6.45) is 5.60. The van der Waals surface area contributed by atoms with Crippen molar-refractivity contribution in [1.29, 1.82) is 0 Å². The first kappa shape index (κ1) is 19.2. The molecule has 0 fully saturated rings. The molecule has 0 unspecified atom stereocenters. The fourth-order valence-electron chi connectivity index (χ4n) is 3.22. The second-order valence-corrected chi connectivity index (χ2v) is 6.83. The van der Waals surface area contributed by atoms with Crippen LogP contribution in [0.25, 0.3) is 0 Å². The van der Waals surface area contributed by atoms with Gasteiger partial charge >= 0.3 is 0 Å². The van der Waals surface area contributed by atoms with Gasteiger partial charge < -0.3 is 19.9 Å². The molecule has 0 saturated carbocycles. The van der Waals surface area contributed by atoms with Crippen molar-refractivity contribution in [2.75, 3.05) is 26.7 Å². The number of rotatable bonds is 7. The van der Waals surface area contributed by atoms with Crippen molar-refractivity contribution in [2.45, 2.75) is 45.6 Å². The summed E-state index contributed by atoms with van der Waals surface area (Å²) in [5.41, 5.74) is 1.23. The lowest BCUT2D eigenvalue weighted by Gasteiger charge is -2.13. The minimum Gasteiger partial charge on any atom is -0.492 e. The molecule has 0 amide bonds. The zero-order valence-corrected chi connectivity index (χ0v) is 16.4. The van der Waals surface area contributed by atoms with Gasteiger partial charge in [-0.25, -0.2) is 0 Å². The molecule has 1 aliphatic heterocycles. The van der Waals surface area contributed by atoms with E-state index in [1.54, 1.807) is 7.05 Å². The molecule has 27 heavy (non-hydrogen) atoms. The fraction of sp³-hybridized carbons (Fsp3) is 0.550. The van der Waals surface area contributed by atoms with Gasteiger partial charge in [0, 0.05) is 33.0 Å². The van der Waals surface area contributed by atoms with E-state index in [1.807, 2.05) is 12.1 Å². The number of aryl methyl sites for hydroxylation is 2. The number of fused-ring (bicyclic) bond motifs is 1. The van der Waals surface area contributed by atoms with E-state index in [4.69, 9.17) is 4.74 Å². The van der Waals surface area contributed by atoms with E-state index in [0.717, 1.165) is 49.3 Å². The van der Waals surface area contributed by atoms with Gasteiger partial charge in [-0.1, -0.05) is 24.1 Å². The Morgan fingerprint density at radius 3 is 2.74 bits per heavy atom. The highest BCUT2D eigenvalue weighted by Gasteiger charge is 2.14. The first-order chi connectivity index (χ1) is 13.3. The Bertz CT molecular complexity index is 737. The van der Waals surface area contributed by atoms with Crippen molar-refractivity contribution in [2.24, 2.45) is 4.99 Å². The zero-order chi connectivity index (χ0) is 18.9. The number of hydrogen-bond donors (Lipinski definition) is 2. The predicted octanol–water partition coefficient (Wildman–Crippen LogP) is 2.10. The minimum atomic E-state index is 0.585. The summed E-state index contributed by atoms with van der Waals surface area (Å²) in [6.45, 7) is 5.16. The van der Waals surface area contributed by atoms with Crippen molar-refractivity contribution in [3.05, 3.63) is 41.5 Å². The summed E-state index contributed by atoms with van der Waals surface area (Å²) in [7, 11) is 1.78. The van der Waals surface area contributed by atoms with Gasteiger partial charge in [0.1, 0.15) is 24.0 Å². The Morgan fingerprint density at radius 1 is 1.11 bits per heavy atom.